The first kappa shape index (κ1) is 17.4. The predicted octanol–water partition coefficient (Wildman–Crippen LogP) is 4.15. The molecule has 0 atom stereocenters. The van der Waals surface area contributed by atoms with Gasteiger partial charge in [0.15, 0.2) is 8.07 Å². The minimum atomic E-state index is -0.697. The van der Waals surface area contributed by atoms with Crippen LogP contribution in [0.2, 0.25) is 0 Å². The number of aryl methyl sites for hydroxylation is 1. The summed E-state index contributed by atoms with van der Waals surface area (Å²) in [7, 11) is 3.45. The Labute approximate surface area is 151 Å². The van der Waals surface area contributed by atoms with Crippen LogP contribution in [0.25, 0.3) is 0 Å². The summed E-state index contributed by atoms with van der Waals surface area (Å²) in [6, 6.07) is 30.3. The van der Waals surface area contributed by atoms with Gasteiger partial charge in [-0.05, 0) is 19.1 Å². The zero-order valence-electron chi connectivity index (χ0n) is 15.0. The molecule has 0 N–H and O–H groups in total. The molecule has 0 saturated heterocycles. The smallest absolute Gasteiger partial charge is 0.241 e. The predicted molar refractivity (Wildman–Crippen MR) is 111 cm³/mol. The van der Waals surface area contributed by atoms with Gasteiger partial charge < -0.3 is 0 Å². The number of hydrogen-bond acceptors (Lipinski definition) is 0. The summed E-state index contributed by atoms with van der Waals surface area (Å²) in [4.78, 5) is 0. The molecule has 3 heteroatoms. The van der Waals surface area contributed by atoms with Crippen molar-refractivity contribution in [3.63, 3.8) is 0 Å². The number of nitrogens with zero attached hydrogens (tertiary/aromatic N) is 2. The molecule has 3 aromatic rings. The molecule has 0 aromatic heterocycles. The summed E-state index contributed by atoms with van der Waals surface area (Å²) < 4.78 is 4.51. The van der Waals surface area contributed by atoms with Crippen molar-refractivity contribution in [1.29, 1.82) is 0 Å². The average Bonchev–Trinajstić information content (AvgIpc) is 2.63. The summed E-state index contributed by atoms with van der Waals surface area (Å²) >= 11 is 0. The van der Waals surface area contributed by atoms with Gasteiger partial charge in [-0.1, -0.05) is 78.4 Å². The fourth-order valence-corrected chi connectivity index (χ4v) is 5.07. The van der Waals surface area contributed by atoms with E-state index in [4.69, 9.17) is 0 Å². The van der Waals surface area contributed by atoms with E-state index < -0.39 is 8.07 Å². The van der Waals surface area contributed by atoms with Crippen LogP contribution in [-0.2, 0) is 0 Å². The molecular weight excluding hydrogens is 323 g/mol. The molecule has 0 fully saturated rings. The number of anilines is 1. The minimum Gasteiger partial charge on any atom is -0.273 e. The summed E-state index contributed by atoms with van der Waals surface area (Å²) in [6.45, 7) is 2.13. The molecule has 3 aromatic carbocycles. The van der Waals surface area contributed by atoms with Crippen molar-refractivity contribution >= 4 is 30.7 Å². The number of benzene rings is 3. The van der Waals surface area contributed by atoms with Gasteiger partial charge in [0.1, 0.15) is 5.69 Å². The van der Waals surface area contributed by atoms with Crippen molar-refractivity contribution in [2.24, 2.45) is 0 Å². The second-order valence-corrected chi connectivity index (χ2v) is 8.33. The van der Waals surface area contributed by atoms with Crippen LogP contribution in [0.1, 0.15) is 5.56 Å². The summed E-state index contributed by atoms with van der Waals surface area (Å²) in [5, 5.41) is 2.67. The van der Waals surface area contributed by atoms with Crippen molar-refractivity contribution in [1.82, 2.24) is 0 Å². The lowest BCUT2D eigenvalue weighted by Gasteiger charge is -2.24. The maximum absolute atomic E-state index is 2.40. The van der Waals surface area contributed by atoms with Crippen LogP contribution < -0.4 is 15.3 Å². The van der Waals surface area contributed by atoms with Crippen LogP contribution in [-0.4, -0.2) is 25.0 Å². The molecule has 0 heterocycles. The van der Waals surface area contributed by atoms with Gasteiger partial charge in [-0.15, -0.1) is 0 Å². The van der Waals surface area contributed by atoms with Crippen LogP contribution >= 0.6 is 8.07 Å². The molecule has 0 unspecified atom stereocenters. The highest BCUT2D eigenvalue weighted by Gasteiger charge is 2.28. The van der Waals surface area contributed by atoms with Crippen molar-refractivity contribution in [2.75, 3.05) is 18.8 Å². The first-order chi connectivity index (χ1) is 12.1. The lowest BCUT2D eigenvalue weighted by Crippen LogP contribution is -2.30. The van der Waals surface area contributed by atoms with E-state index in [1.807, 2.05) is 0 Å². The Kier molecular flexibility index (Phi) is 5.63. The van der Waals surface area contributed by atoms with Crippen molar-refractivity contribution < 1.29 is 4.58 Å². The van der Waals surface area contributed by atoms with Crippen LogP contribution in [0.4, 0.5) is 5.69 Å². The van der Waals surface area contributed by atoms with Gasteiger partial charge in [0.05, 0.1) is 14.1 Å². The van der Waals surface area contributed by atoms with E-state index in [0.717, 1.165) is 0 Å². The quantitative estimate of drug-likeness (QED) is 0.291. The van der Waals surface area contributed by atoms with Gasteiger partial charge in [0.2, 0.25) is 6.34 Å². The van der Waals surface area contributed by atoms with Crippen LogP contribution in [0.5, 0.6) is 0 Å². The highest BCUT2D eigenvalue weighted by molar-refractivity contribution is 7.75. The van der Waals surface area contributed by atoms with E-state index in [-0.39, 0.29) is 0 Å². The molecule has 25 heavy (non-hydrogen) atoms. The van der Waals surface area contributed by atoms with Crippen LogP contribution in [0.15, 0.2) is 84.9 Å². The first-order valence-corrected chi connectivity index (χ1v) is 9.72. The Morgan fingerprint density at radius 2 is 1.20 bits per heavy atom. The Hall–Kier alpha value is -2.44. The fourth-order valence-electron chi connectivity index (χ4n) is 2.69. The highest BCUT2D eigenvalue weighted by Crippen LogP contribution is 2.41. The van der Waals surface area contributed by atoms with Crippen molar-refractivity contribution in [3.8, 4) is 0 Å². The molecule has 0 radical (unpaired) electrons. The zero-order valence-corrected chi connectivity index (χ0v) is 15.9. The average molecular weight is 347 g/mol. The second-order valence-electron chi connectivity index (χ2n) is 6.24. The molecule has 3 rings (SSSR count). The normalized spacial score (nSPS) is 10.6. The van der Waals surface area contributed by atoms with Gasteiger partial charge in [0.25, 0.3) is 0 Å². The molecule has 126 valence electrons. The van der Waals surface area contributed by atoms with E-state index >= 15 is 0 Å². The van der Waals surface area contributed by atoms with Gasteiger partial charge in [-0.3, -0.25) is 4.58 Å². The zero-order chi connectivity index (χ0) is 17.6. The Balaban J connectivity index is 2.16. The van der Waals surface area contributed by atoms with E-state index in [2.05, 4.69) is 122 Å². The topological polar surface area (TPSA) is 6.25 Å². The van der Waals surface area contributed by atoms with Crippen LogP contribution in [0.3, 0.4) is 0 Å². The molecule has 0 aliphatic heterocycles. The van der Waals surface area contributed by atoms with Gasteiger partial charge in [-0.25, -0.2) is 4.67 Å². The molecular formula is C22H24N2P+. The third kappa shape index (κ3) is 4.35. The third-order valence-corrected chi connectivity index (χ3v) is 6.20. The monoisotopic (exact) mass is 347 g/mol. The van der Waals surface area contributed by atoms with E-state index in [1.54, 1.807) is 0 Å². The van der Waals surface area contributed by atoms with E-state index in [9.17, 15) is 0 Å². The van der Waals surface area contributed by atoms with E-state index in [1.165, 1.54) is 21.9 Å². The SMILES string of the molecule is Cc1ccc(N(C=[N+](C)C)P(c2ccccc2)c2ccccc2)cc1. The lowest BCUT2D eigenvalue weighted by molar-refractivity contribution is -0.459. The van der Waals surface area contributed by atoms with Gasteiger partial charge in [-0.2, -0.15) is 0 Å². The second kappa shape index (κ2) is 8.09. The number of hydrogen-bond donors (Lipinski definition) is 0. The molecule has 0 aliphatic rings. The molecule has 0 amide bonds. The van der Waals surface area contributed by atoms with Crippen LogP contribution in [0, 0.1) is 6.92 Å². The summed E-state index contributed by atoms with van der Waals surface area (Å²) in [5.74, 6) is 0. The maximum atomic E-state index is 2.40. The Morgan fingerprint density at radius 3 is 1.64 bits per heavy atom. The fraction of sp³-hybridized carbons (Fsp3) is 0.136. The van der Waals surface area contributed by atoms with Crippen molar-refractivity contribution in [3.05, 3.63) is 90.5 Å². The third-order valence-electron chi connectivity index (χ3n) is 3.86. The number of rotatable bonds is 5. The molecule has 0 spiro atoms. The minimum absolute atomic E-state index is 0.697. The van der Waals surface area contributed by atoms with E-state index in [0.29, 0.717) is 0 Å². The molecule has 0 saturated carbocycles. The summed E-state index contributed by atoms with van der Waals surface area (Å²) in [5.41, 5.74) is 2.48. The standard InChI is InChI=1S/C22H24N2P/c1-19-14-16-20(17-15-19)24(18-23(2)3)25(21-10-6-4-7-11-21)22-12-8-5-9-13-22/h4-18H,1-3H3/q+1. The molecule has 2 nitrogen and oxygen atoms in total. The maximum Gasteiger partial charge on any atom is 0.241 e. The largest absolute Gasteiger partial charge is 0.273 e. The first-order valence-electron chi connectivity index (χ1n) is 8.42. The molecule has 0 bridgehead atoms. The Bertz CT molecular complexity index is 783. The van der Waals surface area contributed by atoms with Gasteiger partial charge in [0, 0.05) is 10.6 Å². The van der Waals surface area contributed by atoms with Crippen molar-refractivity contribution in [2.45, 2.75) is 6.92 Å². The molecule has 0 aliphatic carbocycles. The van der Waals surface area contributed by atoms with Gasteiger partial charge >= 0.3 is 0 Å². The summed E-state index contributed by atoms with van der Waals surface area (Å²) in [6.07, 6.45) is 2.19. The Morgan fingerprint density at radius 1 is 0.720 bits per heavy atom. The lowest BCUT2D eigenvalue weighted by atomic mass is 10.2. The highest BCUT2D eigenvalue weighted by atomic mass is 31.1.